The van der Waals surface area contributed by atoms with Crippen molar-refractivity contribution >= 4 is 27.7 Å². The average Bonchev–Trinajstić information content (AvgIpc) is 3.30. The van der Waals surface area contributed by atoms with Gasteiger partial charge in [-0.1, -0.05) is 12.1 Å². The molecule has 0 saturated heterocycles. The smallest absolute Gasteiger partial charge is 0.251 e. The van der Waals surface area contributed by atoms with Gasteiger partial charge in [0, 0.05) is 42.2 Å². The van der Waals surface area contributed by atoms with E-state index in [1.165, 1.54) is 29.4 Å². The molecule has 31 heavy (non-hydrogen) atoms. The number of methoxy groups -OCH3 is 1. The summed E-state index contributed by atoms with van der Waals surface area (Å²) in [5, 5.41) is 12.6. The number of aryl methyl sites for hydroxylation is 1. The van der Waals surface area contributed by atoms with E-state index in [0.717, 1.165) is 46.9 Å². The zero-order valence-corrected chi connectivity index (χ0v) is 17.7. The Labute approximate surface area is 181 Å². The van der Waals surface area contributed by atoms with Crippen molar-refractivity contribution in [2.24, 2.45) is 0 Å². The summed E-state index contributed by atoms with van der Waals surface area (Å²) in [5.74, 6) is -0.0569. The number of aromatic nitrogens is 3. The molecule has 0 atom stereocenters. The highest BCUT2D eigenvalue weighted by Crippen LogP contribution is 2.37. The minimum absolute atomic E-state index is 0.0569. The van der Waals surface area contributed by atoms with Crippen molar-refractivity contribution < 1.29 is 9.53 Å². The fraction of sp³-hybridized carbons (Fsp3) is 0.320. The molecule has 0 unspecified atom stereocenters. The SMILES string of the molecule is COCCCNC(=O)c1ccc(-c2nc3ccc4[nH]ncc4c3c3c2CCCC3)cc1. The van der Waals surface area contributed by atoms with E-state index in [1.807, 2.05) is 36.5 Å². The topological polar surface area (TPSA) is 79.9 Å². The molecular formula is C25H26N4O2. The van der Waals surface area contributed by atoms with E-state index in [0.29, 0.717) is 18.7 Å². The summed E-state index contributed by atoms with van der Waals surface area (Å²) < 4.78 is 5.03. The molecule has 5 rings (SSSR count). The fourth-order valence-electron chi connectivity index (χ4n) is 4.59. The molecule has 2 aromatic carbocycles. The van der Waals surface area contributed by atoms with Gasteiger partial charge >= 0.3 is 0 Å². The normalized spacial score (nSPS) is 13.5. The number of nitrogens with one attached hydrogen (secondary N) is 2. The fourth-order valence-corrected chi connectivity index (χ4v) is 4.59. The lowest BCUT2D eigenvalue weighted by Crippen LogP contribution is -2.25. The lowest BCUT2D eigenvalue weighted by atomic mass is 9.85. The number of ether oxygens (including phenoxy) is 1. The van der Waals surface area contributed by atoms with Gasteiger partial charge in [-0.15, -0.1) is 0 Å². The Morgan fingerprint density at radius 3 is 2.71 bits per heavy atom. The number of pyridine rings is 1. The van der Waals surface area contributed by atoms with Gasteiger partial charge in [0.15, 0.2) is 0 Å². The van der Waals surface area contributed by atoms with E-state index in [1.54, 1.807) is 7.11 Å². The van der Waals surface area contributed by atoms with Crippen LogP contribution in [-0.2, 0) is 17.6 Å². The summed E-state index contributed by atoms with van der Waals surface area (Å²) in [6.45, 7) is 1.25. The van der Waals surface area contributed by atoms with E-state index in [2.05, 4.69) is 21.6 Å². The highest BCUT2D eigenvalue weighted by atomic mass is 16.5. The number of rotatable bonds is 6. The van der Waals surface area contributed by atoms with Crippen molar-refractivity contribution in [3.05, 3.63) is 59.3 Å². The summed E-state index contributed by atoms with van der Waals surface area (Å²) in [4.78, 5) is 17.5. The van der Waals surface area contributed by atoms with Crippen molar-refractivity contribution in [2.45, 2.75) is 32.1 Å². The Morgan fingerprint density at radius 2 is 1.90 bits per heavy atom. The first kappa shape index (κ1) is 19.7. The first-order valence-corrected chi connectivity index (χ1v) is 10.9. The molecule has 158 valence electrons. The summed E-state index contributed by atoms with van der Waals surface area (Å²) in [5.41, 5.74) is 7.55. The van der Waals surface area contributed by atoms with Crippen LogP contribution < -0.4 is 5.32 Å². The monoisotopic (exact) mass is 414 g/mol. The molecule has 0 fully saturated rings. The number of carbonyl (C=O) groups excluding carboxylic acids is 1. The van der Waals surface area contributed by atoms with Crippen molar-refractivity contribution in [2.75, 3.05) is 20.3 Å². The van der Waals surface area contributed by atoms with Crippen LogP contribution >= 0.6 is 0 Å². The van der Waals surface area contributed by atoms with E-state index >= 15 is 0 Å². The Hall–Kier alpha value is -3.25. The first-order chi connectivity index (χ1) is 15.3. The Kier molecular flexibility index (Phi) is 5.38. The second-order valence-electron chi connectivity index (χ2n) is 8.10. The van der Waals surface area contributed by atoms with Crippen molar-refractivity contribution in [3.8, 4) is 11.3 Å². The zero-order chi connectivity index (χ0) is 21.2. The Bertz CT molecular complexity index is 1240. The minimum Gasteiger partial charge on any atom is -0.385 e. The van der Waals surface area contributed by atoms with Crippen LogP contribution in [0.15, 0.2) is 42.6 Å². The van der Waals surface area contributed by atoms with Crippen LogP contribution in [0.25, 0.3) is 33.1 Å². The van der Waals surface area contributed by atoms with Gasteiger partial charge < -0.3 is 10.1 Å². The predicted molar refractivity (Wildman–Crippen MR) is 122 cm³/mol. The van der Waals surface area contributed by atoms with Gasteiger partial charge in [0.05, 0.1) is 22.9 Å². The van der Waals surface area contributed by atoms with Crippen LogP contribution in [0.4, 0.5) is 0 Å². The third-order valence-corrected chi connectivity index (χ3v) is 6.12. The minimum atomic E-state index is -0.0569. The van der Waals surface area contributed by atoms with Crippen LogP contribution in [0.3, 0.4) is 0 Å². The van der Waals surface area contributed by atoms with Gasteiger partial charge in [0.25, 0.3) is 5.91 Å². The van der Waals surface area contributed by atoms with Crippen molar-refractivity contribution in [1.29, 1.82) is 0 Å². The summed E-state index contributed by atoms with van der Waals surface area (Å²) >= 11 is 0. The number of nitrogens with zero attached hydrogens (tertiary/aromatic N) is 2. The zero-order valence-electron chi connectivity index (χ0n) is 17.7. The van der Waals surface area contributed by atoms with Crippen molar-refractivity contribution in [1.82, 2.24) is 20.5 Å². The summed E-state index contributed by atoms with van der Waals surface area (Å²) in [6.07, 6.45) is 7.18. The second-order valence-corrected chi connectivity index (χ2v) is 8.10. The average molecular weight is 415 g/mol. The maximum atomic E-state index is 12.4. The molecule has 2 heterocycles. The van der Waals surface area contributed by atoms with Gasteiger partial charge in [-0.2, -0.15) is 5.10 Å². The van der Waals surface area contributed by atoms with Gasteiger partial charge in [-0.3, -0.25) is 9.89 Å². The molecule has 2 N–H and O–H groups in total. The predicted octanol–water partition coefficient (Wildman–Crippen LogP) is 4.42. The number of benzene rings is 2. The summed E-state index contributed by atoms with van der Waals surface area (Å²) in [6, 6.07) is 11.9. The van der Waals surface area contributed by atoms with E-state index < -0.39 is 0 Å². The molecule has 0 bridgehead atoms. The highest BCUT2D eigenvalue weighted by Gasteiger charge is 2.21. The molecule has 0 aliphatic heterocycles. The molecule has 6 nitrogen and oxygen atoms in total. The number of hydrogen-bond acceptors (Lipinski definition) is 4. The quantitative estimate of drug-likeness (QED) is 0.458. The Balaban J connectivity index is 1.51. The number of carbonyl (C=O) groups is 1. The molecule has 1 amide bonds. The van der Waals surface area contributed by atoms with E-state index in [-0.39, 0.29) is 5.91 Å². The molecule has 2 aromatic heterocycles. The maximum Gasteiger partial charge on any atom is 0.251 e. The van der Waals surface area contributed by atoms with Crippen LogP contribution in [0.2, 0.25) is 0 Å². The molecule has 4 aromatic rings. The number of hydrogen-bond donors (Lipinski definition) is 2. The molecule has 0 radical (unpaired) electrons. The van der Waals surface area contributed by atoms with Gasteiger partial charge in [-0.25, -0.2) is 4.98 Å². The molecule has 1 aliphatic carbocycles. The van der Waals surface area contributed by atoms with Crippen molar-refractivity contribution in [3.63, 3.8) is 0 Å². The maximum absolute atomic E-state index is 12.4. The number of amides is 1. The van der Waals surface area contributed by atoms with Crippen LogP contribution in [0, 0.1) is 0 Å². The third-order valence-electron chi connectivity index (χ3n) is 6.12. The molecular weight excluding hydrogens is 388 g/mol. The molecule has 6 heteroatoms. The van der Waals surface area contributed by atoms with Gasteiger partial charge in [0.1, 0.15) is 0 Å². The van der Waals surface area contributed by atoms with Crippen LogP contribution in [0.1, 0.15) is 40.7 Å². The lowest BCUT2D eigenvalue weighted by Gasteiger charge is -2.22. The first-order valence-electron chi connectivity index (χ1n) is 10.9. The van der Waals surface area contributed by atoms with Gasteiger partial charge in [-0.05, 0) is 67.5 Å². The third kappa shape index (κ3) is 3.68. The van der Waals surface area contributed by atoms with Crippen LogP contribution in [0.5, 0.6) is 0 Å². The summed E-state index contributed by atoms with van der Waals surface area (Å²) in [7, 11) is 1.66. The molecule has 1 aliphatic rings. The van der Waals surface area contributed by atoms with E-state index in [4.69, 9.17) is 9.72 Å². The molecule has 0 saturated carbocycles. The Morgan fingerprint density at radius 1 is 1.10 bits per heavy atom. The van der Waals surface area contributed by atoms with Crippen LogP contribution in [-0.4, -0.2) is 41.3 Å². The standard InChI is InChI=1S/C25H26N4O2/c1-31-14-4-13-26-25(30)17-9-7-16(8-10-17)24-19-6-3-2-5-18(19)23-20-15-27-29-21(20)11-12-22(23)28-24/h7-12,15H,2-6,13-14H2,1H3,(H,26,30)(H,27,29). The number of H-pyrrole nitrogens is 1. The van der Waals surface area contributed by atoms with E-state index in [9.17, 15) is 4.79 Å². The molecule has 0 spiro atoms. The highest BCUT2D eigenvalue weighted by molar-refractivity contribution is 6.07. The van der Waals surface area contributed by atoms with Gasteiger partial charge in [0.2, 0.25) is 0 Å². The largest absolute Gasteiger partial charge is 0.385 e. The number of fused-ring (bicyclic) bond motifs is 5. The lowest BCUT2D eigenvalue weighted by molar-refractivity contribution is 0.0948. The number of aromatic amines is 1. The second kappa shape index (κ2) is 8.47.